The Morgan fingerprint density at radius 1 is 1.11 bits per heavy atom. The number of unbranched alkanes of at least 4 members (excludes halogenated alkanes) is 1. The molecule has 1 unspecified atom stereocenters. The Bertz CT molecular complexity index is 630. The van der Waals surface area contributed by atoms with Gasteiger partial charge in [-0.2, -0.15) is 0 Å². The molecular formula is C23H32O5. The van der Waals surface area contributed by atoms with Crippen LogP contribution in [-0.2, 0) is 23.8 Å². The van der Waals surface area contributed by atoms with Crippen molar-refractivity contribution in [3.05, 3.63) is 66.8 Å². The summed E-state index contributed by atoms with van der Waals surface area (Å²) < 4.78 is 14.4. The number of rotatable bonds is 8. The summed E-state index contributed by atoms with van der Waals surface area (Å²) in [5.41, 5.74) is 2.07. The van der Waals surface area contributed by atoms with Gasteiger partial charge in [0.2, 0.25) is 0 Å². The van der Waals surface area contributed by atoms with Crippen molar-refractivity contribution in [1.29, 1.82) is 0 Å². The second-order valence-electron chi connectivity index (χ2n) is 6.22. The molecular weight excluding hydrogens is 356 g/mol. The summed E-state index contributed by atoms with van der Waals surface area (Å²) in [5, 5.41) is 0. The zero-order valence-corrected chi connectivity index (χ0v) is 17.2. The molecule has 0 N–H and O–H groups in total. The SMILES string of the molecule is C=C(C)C(=O)OCC1CO1.C=C(C)C(=O)OCCCC.C=Cc1ccccc1. The maximum absolute atomic E-state index is 10.7. The molecule has 5 heteroatoms. The van der Waals surface area contributed by atoms with Gasteiger partial charge in [-0.05, 0) is 25.8 Å². The van der Waals surface area contributed by atoms with Gasteiger partial charge >= 0.3 is 11.9 Å². The predicted octanol–water partition coefficient (Wildman–Crippen LogP) is 4.74. The number of carbonyl (C=O) groups excluding carboxylic acids is 2. The first-order chi connectivity index (χ1) is 13.3. The molecule has 0 aliphatic carbocycles. The minimum absolute atomic E-state index is 0.142. The highest BCUT2D eigenvalue weighted by Gasteiger charge is 2.24. The van der Waals surface area contributed by atoms with Crippen LogP contribution in [-0.4, -0.2) is 37.9 Å². The molecule has 1 aliphatic heterocycles. The van der Waals surface area contributed by atoms with Crippen LogP contribution in [0.15, 0.2) is 61.2 Å². The van der Waals surface area contributed by atoms with Gasteiger partial charge in [-0.15, -0.1) is 0 Å². The van der Waals surface area contributed by atoms with Crippen molar-refractivity contribution < 1.29 is 23.8 Å². The smallest absolute Gasteiger partial charge is 0.333 e. The van der Waals surface area contributed by atoms with Crippen LogP contribution in [0.1, 0.15) is 39.2 Å². The lowest BCUT2D eigenvalue weighted by Crippen LogP contribution is -2.09. The first-order valence-electron chi connectivity index (χ1n) is 9.26. The van der Waals surface area contributed by atoms with Gasteiger partial charge in [-0.1, -0.05) is 69.5 Å². The second kappa shape index (κ2) is 15.4. The van der Waals surface area contributed by atoms with Gasteiger partial charge < -0.3 is 14.2 Å². The van der Waals surface area contributed by atoms with Crippen LogP contribution in [0.25, 0.3) is 6.08 Å². The number of epoxide rings is 1. The van der Waals surface area contributed by atoms with E-state index in [0.29, 0.717) is 31.0 Å². The predicted molar refractivity (Wildman–Crippen MR) is 113 cm³/mol. The highest BCUT2D eigenvalue weighted by atomic mass is 16.6. The van der Waals surface area contributed by atoms with E-state index in [0.717, 1.165) is 12.8 Å². The van der Waals surface area contributed by atoms with Crippen LogP contribution in [0.3, 0.4) is 0 Å². The third kappa shape index (κ3) is 14.5. The number of hydrogen-bond donors (Lipinski definition) is 0. The van der Waals surface area contributed by atoms with Crippen molar-refractivity contribution >= 4 is 18.0 Å². The maximum atomic E-state index is 10.7. The summed E-state index contributed by atoms with van der Waals surface area (Å²) >= 11 is 0. The third-order valence-electron chi connectivity index (χ3n) is 3.27. The normalized spacial score (nSPS) is 13.5. The fraction of sp³-hybridized carbons (Fsp3) is 0.391. The van der Waals surface area contributed by atoms with E-state index in [1.807, 2.05) is 36.4 Å². The Kier molecular flexibility index (Phi) is 13.9. The van der Waals surface area contributed by atoms with Gasteiger partial charge in [0.05, 0.1) is 13.2 Å². The number of carbonyl (C=O) groups is 2. The van der Waals surface area contributed by atoms with Crippen LogP contribution in [0.4, 0.5) is 0 Å². The van der Waals surface area contributed by atoms with Crippen LogP contribution in [0, 0.1) is 0 Å². The average Bonchev–Trinajstić information content (AvgIpc) is 3.52. The van der Waals surface area contributed by atoms with Crippen molar-refractivity contribution in [3.8, 4) is 0 Å². The minimum Gasteiger partial charge on any atom is -0.462 e. The zero-order chi connectivity index (χ0) is 21.4. The molecule has 5 nitrogen and oxygen atoms in total. The van der Waals surface area contributed by atoms with E-state index in [2.05, 4.69) is 26.7 Å². The van der Waals surface area contributed by atoms with Gasteiger partial charge in [0.25, 0.3) is 0 Å². The zero-order valence-electron chi connectivity index (χ0n) is 17.2. The highest BCUT2D eigenvalue weighted by molar-refractivity contribution is 5.87. The van der Waals surface area contributed by atoms with Gasteiger partial charge in [0.1, 0.15) is 12.7 Å². The number of benzene rings is 1. The molecule has 1 heterocycles. The molecule has 0 saturated carbocycles. The van der Waals surface area contributed by atoms with Crippen LogP contribution < -0.4 is 0 Å². The molecule has 1 atom stereocenters. The van der Waals surface area contributed by atoms with Crippen LogP contribution in [0.2, 0.25) is 0 Å². The summed E-state index contributed by atoms with van der Waals surface area (Å²) in [5.74, 6) is -0.621. The third-order valence-corrected chi connectivity index (χ3v) is 3.27. The molecule has 1 saturated heterocycles. The molecule has 1 aliphatic rings. The molecule has 0 amide bonds. The lowest BCUT2D eigenvalue weighted by atomic mass is 10.2. The van der Waals surface area contributed by atoms with Crippen molar-refractivity contribution in [3.63, 3.8) is 0 Å². The molecule has 2 rings (SSSR count). The molecule has 0 spiro atoms. The number of hydrogen-bond acceptors (Lipinski definition) is 5. The second-order valence-corrected chi connectivity index (χ2v) is 6.22. The first-order valence-corrected chi connectivity index (χ1v) is 9.26. The Hall–Kier alpha value is -2.66. The minimum atomic E-state index is -0.337. The van der Waals surface area contributed by atoms with E-state index >= 15 is 0 Å². The fourth-order valence-electron chi connectivity index (χ4n) is 1.48. The van der Waals surface area contributed by atoms with E-state index in [-0.39, 0.29) is 18.0 Å². The standard InChI is InChI=1S/C8H14O2.C8H8.C7H10O3/c1-4-5-6-10-8(9)7(2)3;1-2-8-6-4-3-5-7-8;1-5(2)7(8)10-4-6-3-9-6/h2,4-6H2,1,3H3;2-7H,1H2;6H,1,3-4H2,2H3. The Morgan fingerprint density at radius 3 is 2.04 bits per heavy atom. The van der Waals surface area contributed by atoms with Gasteiger partial charge in [-0.3, -0.25) is 0 Å². The molecule has 1 fully saturated rings. The summed E-state index contributed by atoms with van der Waals surface area (Å²) in [4.78, 5) is 21.4. The largest absolute Gasteiger partial charge is 0.462 e. The van der Waals surface area contributed by atoms with E-state index in [1.54, 1.807) is 13.8 Å². The van der Waals surface area contributed by atoms with Crippen molar-refractivity contribution in [2.45, 2.75) is 39.7 Å². The Morgan fingerprint density at radius 2 is 1.64 bits per heavy atom. The van der Waals surface area contributed by atoms with E-state index in [1.165, 1.54) is 5.56 Å². The molecule has 1 aromatic carbocycles. The molecule has 0 aromatic heterocycles. The summed E-state index contributed by atoms with van der Waals surface area (Å²) in [6.45, 7) is 17.4. The lowest BCUT2D eigenvalue weighted by Gasteiger charge is -2.01. The molecule has 28 heavy (non-hydrogen) atoms. The van der Waals surface area contributed by atoms with Crippen molar-refractivity contribution in [2.24, 2.45) is 0 Å². The average molecular weight is 389 g/mol. The first kappa shape index (κ1) is 25.3. The maximum Gasteiger partial charge on any atom is 0.333 e. The quantitative estimate of drug-likeness (QED) is 0.278. The van der Waals surface area contributed by atoms with E-state index in [4.69, 9.17) is 14.2 Å². The number of esters is 2. The summed E-state index contributed by atoms with van der Waals surface area (Å²) in [6, 6.07) is 10.0. The van der Waals surface area contributed by atoms with E-state index in [9.17, 15) is 9.59 Å². The Labute approximate surface area is 168 Å². The lowest BCUT2D eigenvalue weighted by molar-refractivity contribution is -0.140. The van der Waals surface area contributed by atoms with Crippen molar-refractivity contribution in [1.82, 2.24) is 0 Å². The molecule has 1 aromatic rings. The monoisotopic (exact) mass is 388 g/mol. The van der Waals surface area contributed by atoms with Gasteiger partial charge in [0, 0.05) is 11.1 Å². The van der Waals surface area contributed by atoms with Gasteiger partial charge in [-0.25, -0.2) is 9.59 Å². The summed E-state index contributed by atoms with van der Waals surface area (Å²) in [7, 11) is 0. The van der Waals surface area contributed by atoms with Crippen molar-refractivity contribution in [2.75, 3.05) is 19.8 Å². The van der Waals surface area contributed by atoms with Crippen LogP contribution in [0.5, 0.6) is 0 Å². The highest BCUT2D eigenvalue weighted by Crippen LogP contribution is 2.09. The van der Waals surface area contributed by atoms with Crippen LogP contribution >= 0.6 is 0 Å². The van der Waals surface area contributed by atoms with Gasteiger partial charge in [0.15, 0.2) is 0 Å². The molecule has 0 radical (unpaired) electrons. The number of ether oxygens (including phenoxy) is 3. The fourth-order valence-corrected chi connectivity index (χ4v) is 1.48. The van der Waals surface area contributed by atoms with E-state index < -0.39 is 0 Å². The Balaban J connectivity index is 0.000000393. The molecule has 154 valence electrons. The topological polar surface area (TPSA) is 65.1 Å². The molecule has 0 bridgehead atoms. The summed E-state index contributed by atoms with van der Waals surface area (Å²) in [6.07, 6.45) is 3.95.